The Morgan fingerprint density at radius 3 is 2.57 bits per heavy atom. The summed E-state index contributed by atoms with van der Waals surface area (Å²) in [4.78, 5) is 13.3. The number of hydrogen-bond donors (Lipinski definition) is 1. The minimum absolute atomic E-state index is 0.0717. The van der Waals surface area contributed by atoms with Crippen LogP contribution in [0.1, 0.15) is 32.8 Å². The van der Waals surface area contributed by atoms with E-state index in [1.165, 1.54) is 10.4 Å². The zero-order valence-electron chi connectivity index (χ0n) is 12.9. The van der Waals surface area contributed by atoms with Crippen LogP contribution in [0.2, 0.25) is 0 Å². The van der Waals surface area contributed by atoms with Gasteiger partial charge in [-0.2, -0.15) is 4.80 Å². The first-order valence-corrected chi connectivity index (χ1v) is 7.05. The summed E-state index contributed by atoms with van der Waals surface area (Å²) < 4.78 is 0. The van der Waals surface area contributed by atoms with E-state index in [-0.39, 0.29) is 18.0 Å². The monoisotopic (exact) mass is 287 g/mol. The van der Waals surface area contributed by atoms with Gasteiger partial charge in [0.1, 0.15) is 6.54 Å². The summed E-state index contributed by atoms with van der Waals surface area (Å²) in [6.45, 7) is 8.09. The number of carbonyl (C=O) groups excluding carboxylic acids is 1. The minimum Gasteiger partial charge on any atom is -0.350 e. The van der Waals surface area contributed by atoms with Crippen molar-refractivity contribution in [1.82, 2.24) is 25.5 Å². The molecular weight excluding hydrogens is 266 g/mol. The molecule has 1 aromatic carbocycles. The molecule has 0 aliphatic heterocycles. The van der Waals surface area contributed by atoms with Crippen LogP contribution in [-0.4, -0.2) is 31.7 Å². The molecule has 6 heteroatoms. The summed E-state index contributed by atoms with van der Waals surface area (Å²) in [6.07, 6.45) is 0.859. The molecule has 1 N–H and O–H groups in total. The molecule has 0 spiro atoms. The van der Waals surface area contributed by atoms with Crippen molar-refractivity contribution in [2.24, 2.45) is 0 Å². The molecule has 0 bridgehead atoms. The van der Waals surface area contributed by atoms with Crippen LogP contribution in [0.3, 0.4) is 0 Å². The predicted octanol–water partition coefficient (Wildman–Crippen LogP) is 1.95. The summed E-state index contributed by atoms with van der Waals surface area (Å²) in [5, 5.41) is 15.1. The Balaban J connectivity index is 2.03. The lowest BCUT2D eigenvalue weighted by atomic mass is 10.0. The molecule has 2 aromatic rings. The Bertz CT molecular complexity index is 615. The van der Waals surface area contributed by atoms with Crippen molar-refractivity contribution in [3.8, 4) is 11.4 Å². The first kappa shape index (κ1) is 15.2. The maximum Gasteiger partial charge on any atom is 0.244 e. The zero-order valence-corrected chi connectivity index (χ0v) is 12.9. The van der Waals surface area contributed by atoms with Gasteiger partial charge in [0.25, 0.3) is 0 Å². The fourth-order valence-electron chi connectivity index (χ4n) is 1.76. The fraction of sp³-hybridized carbons (Fsp3) is 0.467. The molecule has 0 radical (unpaired) electrons. The minimum atomic E-state index is -0.225. The number of hydrogen-bond acceptors (Lipinski definition) is 4. The standard InChI is InChI=1S/C15H21N5O/c1-5-15(3,4)16-13(21)10-20-18-14(17-19-20)12-8-6-11(2)7-9-12/h6-9H,5,10H2,1-4H3,(H,16,21). The van der Waals surface area contributed by atoms with Crippen LogP contribution in [0.5, 0.6) is 0 Å². The molecule has 2 rings (SSSR count). The molecule has 0 aliphatic rings. The van der Waals surface area contributed by atoms with Gasteiger partial charge >= 0.3 is 0 Å². The van der Waals surface area contributed by atoms with E-state index < -0.39 is 0 Å². The van der Waals surface area contributed by atoms with Crippen LogP contribution in [0, 0.1) is 6.92 Å². The van der Waals surface area contributed by atoms with Crippen LogP contribution in [0.25, 0.3) is 11.4 Å². The first-order valence-electron chi connectivity index (χ1n) is 7.05. The van der Waals surface area contributed by atoms with Gasteiger partial charge in [-0.1, -0.05) is 36.8 Å². The quantitative estimate of drug-likeness (QED) is 0.912. The van der Waals surface area contributed by atoms with E-state index in [1.54, 1.807) is 0 Å². The van der Waals surface area contributed by atoms with E-state index in [4.69, 9.17) is 0 Å². The molecule has 0 saturated carbocycles. The lowest BCUT2D eigenvalue weighted by Gasteiger charge is -2.24. The molecule has 6 nitrogen and oxygen atoms in total. The number of amides is 1. The SMILES string of the molecule is CCC(C)(C)NC(=O)Cn1nnc(-c2ccc(C)cc2)n1. The van der Waals surface area contributed by atoms with Crippen molar-refractivity contribution < 1.29 is 4.79 Å². The van der Waals surface area contributed by atoms with E-state index in [2.05, 4.69) is 20.7 Å². The Hall–Kier alpha value is -2.24. The van der Waals surface area contributed by atoms with E-state index in [0.717, 1.165) is 12.0 Å². The van der Waals surface area contributed by atoms with Crippen molar-refractivity contribution in [2.75, 3.05) is 0 Å². The molecule has 0 aliphatic carbocycles. The van der Waals surface area contributed by atoms with Gasteiger partial charge in [0.05, 0.1) is 0 Å². The number of nitrogens with zero attached hydrogens (tertiary/aromatic N) is 4. The summed E-state index contributed by atoms with van der Waals surface area (Å²) >= 11 is 0. The second-order valence-electron chi connectivity index (χ2n) is 5.80. The van der Waals surface area contributed by atoms with Gasteiger partial charge in [0, 0.05) is 11.1 Å². The molecule has 0 unspecified atom stereocenters. The zero-order chi connectivity index (χ0) is 15.5. The topological polar surface area (TPSA) is 72.7 Å². The van der Waals surface area contributed by atoms with Gasteiger partial charge in [-0.15, -0.1) is 10.2 Å². The number of rotatable bonds is 5. The summed E-state index contributed by atoms with van der Waals surface area (Å²) in [6, 6.07) is 7.87. The highest BCUT2D eigenvalue weighted by Crippen LogP contribution is 2.14. The molecule has 1 aromatic heterocycles. The van der Waals surface area contributed by atoms with Gasteiger partial charge in [0.15, 0.2) is 0 Å². The number of aryl methyl sites for hydroxylation is 1. The van der Waals surface area contributed by atoms with E-state index >= 15 is 0 Å². The molecule has 0 atom stereocenters. The molecule has 1 amide bonds. The van der Waals surface area contributed by atoms with E-state index in [1.807, 2.05) is 52.0 Å². The third-order valence-corrected chi connectivity index (χ3v) is 3.41. The van der Waals surface area contributed by atoms with E-state index in [9.17, 15) is 4.79 Å². The van der Waals surface area contributed by atoms with Crippen LogP contribution in [-0.2, 0) is 11.3 Å². The summed E-state index contributed by atoms with van der Waals surface area (Å²) in [7, 11) is 0. The number of carbonyl (C=O) groups is 1. The van der Waals surface area contributed by atoms with Crippen molar-refractivity contribution in [3.05, 3.63) is 29.8 Å². The van der Waals surface area contributed by atoms with Crippen molar-refractivity contribution in [3.63, 3.8) is 0 Å². The fourth-order valence-corrected chi connectivity index (χ4v) is 1.76. The van der Waals surface area contributed by atoms with E-state index in [0.29, 0.717) is 5.82 Å². The van der Waals surface area contributed by atoms with Gasteiger partial charge < -0.3 is 5.32 Å². The maximum absolute atomic E-state index is 11.9. The summed E-state index contributed by atoms with van der Waals surface area (Å²) in [5.74, 6) is 0.409. The second-order valence-corrected chi connectivity index (χ2v) is 5.80. The third kappa shape index (κ3) is 4.11. The molecule has 0 saturated heterocycles. The normalized spacial score (nSPS) is 11.4. The summed E-state index contributed by atoms with van der Waals surface area (Å²) in [5.41, 5.74) is 1.84. The van der Waals surface area contributed by atoms with Gasteiger partial charge in [0.2, 0.25) is 11.7 Å². The Morgan fingerprint density at radius 1 is 1.29 bits per heavy atom. The van der Waals surface area contributed by atoms with Crippen molar-refractivity contribution in [2.45, 2.75) is 46.2 Å². The van der Waals surface area contributed by atoms with Gasteiger partial charge in [-0.25, -0.2) is 0 Å². The van der Waals surface area contributed by atoms with Crippen LogP contribution in [0.4, 0.5) is 0 Å². The molecule has 21 heavy (non-hydrogen) atoms. The highest BCUT2D eigenvalue weighted by Gasteiger charge is 2.18. The van der Waals surface area contributed by atoms with Crippen LogP contribution < -0.4 is 5.32 Å². The maximum atomic E-state index is 11.9. The Morgan fingerprint density at radius 2 is 1.95 bits per heavy atom. The van der Waals surface area contributed by atoms with Crippen molar-refractivity contribution >= 4 is 5.91 Å². The van der Waals surface area contributed by atoms with Gasteiger partial charge in [-0.3, -0.25) is 4.79 Å². The number of tetrazole rings is 1. The van der Waals surface area contributed by atoms with Crippen LogP contribution in [0.15, 0.2) is 24.3 Å². The Kier molecular flexibility index (Phi) is 4.35. The highest BCUT2D eigenvalue weighted by atomic mass is 16.2. The first-order chi connectivity index (χ1) is 9.89. The average Bonchev–Trinajstić information content (AvgIpc) is 2.87. The number of nitrogens with one attached hydrogen (secondary N) is 1. The number of aromatic nitrogens is 4. The van der Waals surface area contributed by atoms with Crippen LogP contribution >= 0.6 is 0 Å². The second kappa shape index (κ2) is 6.03. The largest absolute Gasteiger partial charge is 0.350 e. The van der Waals surface area contributed by atoms with Gasteiger partial charge in [-0.05, 0) is 32.4 Å². The molecule has 1 heterocycles. The number of benzene rings is 1. The Labute approximate surface area is 124 Å². The lowest BCUT2D eigenvalue weighted by Crippen LogP contribution is -2.44. The molecule has 112 valence electrons. The third-order valence-electron chi connectivity index (χ3n) is 3.41. The molecular formula is C15H21N5O. The predicted molar refractivity (Wildman–Crippen MR) is 80.5 cm³/mol. The van der Waals surface area contributed by atoms with Crippen molar-refractivity contribution in [1.29, 1.82) is 0 Å². The average molecular weight is 287 g/mol. The highest BCUT2D eigenvalue weighted by molar-refractivity contribution is 5.76. The molecule has 0 fully saturated rings. The smallest absolute Gasteiger partial charge is 0.244 e. The lowest BCUT2D eigenvalue weighted by molar-refractivity contribution is -0.123.